The largest absolute Gasteiger partial charge is 0.492 e. The number of hydrogen-bond donors (Lipinski definition) is 1. The van der Waals surface area contributed by atoms with E-state index in [9.17, 15) is 9.59 Å². The molecule has 2 aliphatic heterocycles. The molecule has 9 heteroatoms. The third-order valence-corrected chi connectivity index (χ3v) is 7.81. The van der Waals surface area contributed by atoms with E-state index in [4.69, 9.17) is 4.74 Å². The van der Waals surface area contributed by atoms with Crippen molar-refractivity contribution in [2.24, 2.45) is 5.41 Å². The first kappa shape index (κ1) is 26.6. The van der Waals surface area contributed by atoms with Gasteiger partial charge in [0.05, 0.1) is 18.6 Å². The van der Waals surface area contributed by atoms with E-state index in [1.165, 1.54) is 0 Å². The zero-order chi connectivity index (χ0) is 27.1. The maximum absolute atomic E-state index is 13.1. The first-order valence-corrected chi connectivity index (χ1v) is 13.7. The number of nitrogens with zero attached hydrogens (tertiary/aromatic N) is 5. The molecule has 39 heavy (non-hydrogen) atoms. The lowest BCUT2D eigenvalue weighted by atomic mass is 9.75. The quantitative estimate of drug-likeness (QED) is 0.556. The number of piperidine rings is 1. The Bertz CT molecular complexity index is 1280. The number of aryl methyl sites for hydroxylation is 1. The summed E-state index contributed by atoms with van der Waals surface area (Å²) in [5.41, 5.74) is 1.39. The van der Waals surface area contributed by atoms with E-state index in [0.29, 0.717) is 50.5 Å². The van der Waals surface area contributed by atoms with E-state index in [-0.39, 0.29) is 17.2 Å². The van der Waals surface area contributed by atoms with Gasteiger partial charge in [-0.15, -0.1) is 0 Å². The van der Waals surface area contributed by atoms with Crippen LogP contribution in [0.3, 0.4) is 0 Å². The van der Waals surface area contributed by atoms with Gasteiger partial charge in [-0.2, -0.15) is 0 Å². The molecule has 0 saturated carbocycles. The van der Waals surface area contributed by atoms with E-state index < -0.39 is 0 Å². The molecule has 0 bridgehead atoms. The molecule has 3 aromatic rings. The molecule has 2 amide bonds. The Morgan fingerprint density at radius 2 is 1.87 bits per heavy atom. The Kier molecular flexibility index (Phi) is 8.34. The topological polar surface area (TPSA) is 101 Å². The minimum Gasteiger partial charge on any atom is -0.492 e. The van der Waals surface area contributed by atoms with E-state index >= 15 is 0 Å². The number of likely N-dealkylation sites (tertiary alicyclic amines) is 1. The number of para-hydroxylation sites is 1. The van der Waals surface area contributed by atoms with Gasteiger partial charge < -0.3 is 19.9 Å². The Labute approximate surface area is 229 Å². The van der Waals surface area contributed by atoms with E-state index in [1.807, 2.05) is 54.3 Å². The molecule has 5 rings (SSSR count). The predicted octanol–water partition coefficient (Wildman–Crippen LogP) is 3.44. The number of aromatic nitrogens is 3. The number of amides is 2. The summed E-state index contributed by atoms with van der Waals surface area (Å²) in [6.07, 6.45) is 9.24. The van der Waals surface area contributed by atoms with Crippen molar-refractivity contribution < 1.29 is 14.3 Å². The van der Waals surface area contributed by atoms with Crippen LogP contribution in [0.25, 0.3) is 0 Å². The number of carbonyl (C=O) groups is 2. The van der Waals surface area contributed by atoms with Crippen molar-refractivity contribution in [1.29, 1.82) is 0 Å². The van der Waals surface area contributed by atoms with Crippen molar-refractivity contribution in [3.05, 3.63) is 78.0 Å². The van der Waals surface area contributed by atoms with Gasteiger partial charge in [-0.05, 0) is 62.4 Å². The predicted molar refractivity (Wildman–Crippen MR) is 149 cm³/mol. The van der Waals surface area contributed by atoms with E-state index in [0.717, 1.165) is 49.4 Å². The second-order valence-electron chi connectivity index (χ2n) is 10.5. The van der Waals surface area contributed by atoms with Gasteiger partial charge in [-0.3, -0.25) is 14.6 Å². The molecule has 1 aromatic carbocycles. The van der Waals surface area contributed by atoms with E-state index in [2.05, 4.69) is 25.2 Å². The molecule has 2 aliphatic rings. The maximum atomic E-state index is 13.1. The van der Waals surface area contributed by atoms with Crippen LogP contribution in [0.5, 0.6) is 5.75 Å². The summed E-state index contributed by atoms with van der Waals surface area (Å²) in [6, 6.07) is 13.2. The Morgan fingerprint density at radius 1 is 1.03 bits per heavy atom. The number of fused-ring (bicyclic) bond motifs is 1. The summed E-state index contributed by atoms with van der Waals surface area (Å²) in [5.74, 6) is 2.19. The van der Waals surface area contributed by atoms with Crippen LogP contribution >= 0.6 is 0 Å². The van der Waals surface area contributed by atoms with Crippen LogP contribution in [-0.4, -0.2) is 71.0 Å². The average Bonchev–Trinajstić information content (AvgIpc) is 2.97. The maximum Gasteiger partial charge on any atom is 0.255 e. The number of nitrogens with one attached hydrogen (secondary N) is 1. The standard InChI is InChI=1S/C30H36N6O3/c1-23-32-14-9-27(34-23)35-16-5-10-30(22-39-26-8-3-2-7-25(26)29(38)33-15-19-35)11-17-36(18-12-30)28(37)20-24-6-4-13-31-21-24/h2-4,6-9,13-14,21H,5,10-12,15-20,22H2,1H3,(H,33,38). The van der Waals surface area contributed by atoms with Crippen molar-refractivity contribution in [1.82, 2.24) is 25.2 Å². The summed E-state index contributed by atoms with van der Waals surface area (Å²) < 4.78 is 6.38. The molecule has 4 heterocycles. The van der Waals surface area contributed by atoms with Crippen molar-refractivity contribution in [3.63, 3.8) is 0 Å². The number of pyridine rings is 1. The minimum absolute atomic E-state index is 0.0873. The van der Waals surface area contributed by atoms with Crippen LogP contribution in [0, 0.1) is 12.3 Å². The number of hydrogen-bond acceptors (Lipinski definition) is 7. The number of benzene rings is 1. The molecular formula is C30H36N6O3. The molecule has 1 spiro atoms. The molecule has 1 fully saturated rings. The first-order chi connectivity index (χ1) is 19.0. The lowest BCUT2D eigenvalue weighted by Gasteiger charge is -2.42. The first-order valence-electron chi connectivity index (χ1n) is 13.7. The van der Waals surface area contributed by atoms with Gasteiger partial charge in [-0.1, -0.05) is 18.2 Å². The molecule has 204 valence electrons. The van der Waals surface area contributed by atoms with Gasteiger partial charge >= 0.3 is 0 Å². The van der Waals surface area contributed by atoms with Crippen LogP contribution in [-0.2, 0) is 11.2 Å². The smallest absolute Gasteiger partial charge is 0.255 e. The molecule has 0 unspecified atom stereocenters. The SMILES string of the molecule is Cc1nccc(N2CCCC3(CCN(C(=O)Cc4cccnc4)CC3)COc3ccccc3C(=O)NCC2)n1. The second-order valence-corrected chi connectivity index (χ2v) is 10.5. The van der Waals surface area contributed by atoms with Gasteiger partial charge in [0.15, 0.2) is 0 Å². The zero-order valence-electron chi connectivity index (χ0n) is 22.5. The number of rotatable bonds is 3. The molecule has 9 nitrogen and oxygen atoms in total. The van der Waals surface area contributed by atoms with Gasteiger partial charge in [0.2, 0.25) is 5.91 Å². The molecule has 0 radical (unpaired) electrons. The summed E-state index contributed by atoms with van der Waals surface area (Å²) >= 11 is 0. The summed E-state index contributed by atoms with van der Waals surface area (Å²) in [5, 5.41) is 3.05. The Morgan fingerprint density at radius 3 is 2.67 bits per heavy atom. The zero-order valence-corrected chi connectivity index (χ0v) is 22.5. The van der Waals surface area contributed by atoms with Crippen molar-refractivity contribution in [2.75, 3.05) is 44.2 Å². The molecule has 0 aliphatic carbocycles. The van der Waals surface area contributed by atoms with Crippen LogP contribution in [0.1, 0.15) is 47.4 Å². The monoisotopic (exact) mass is 528 g/mol. The van der Waals surface area contributed by atoms with Gasteiger partial charge in [0.25, 0.3) is 5.91 Å². The Balaban J connectivity index is 1.33. The summed E-state index contributed by atoms with van der Waals surface area (Å²) in [7, 11) is 0. The fourth-order valence-corrected chi connectivity index (χ4v) is 5.50. The third kappa shape index (κ3) is 6.71. The fourth-order valence-electron chi connectivity index (χ4n) is 5.50. The van der Waals surface area contributed by atoms with Crippen molar-refractivity contribution in [2.45, 2.75) is 39.0 Å². The normalized spacial score (nSPS) is 18.1. The fraction of sp³-hybridized carbons (Fsp3) is 0.433. The van der Waals surface area contributed by atoms with Crippen molar-refractivity contribution >= 4 is 17.6 Å². The second kappa shape index (κ2) is 12.2. The highest BCUT2D eigenvalue weighted by Gasteiger charge is 2.37. The van der Waals surface area contributed by atoms with Crippen molar-refractivity contribution in [3.8, 4) is 5.75 Å². The van der Waals surface area contributed by atoms with Crippen LogP contribution < -0.4 is 15.0 Å². The molecule has 1 N–H and O–H groups in total. The van der Waals surface area contributed by atoms with Crippen LogP contribution in [0.4, 0.5) is 5.82 Å². The minimum atomic E-state index is -0.145. The Hall–Kier alpha value is -4.01. The lowest BCUT2D eigenvalue weighted by molar-refractivity contribution is -0.133. The van der Waals surface area contributed by atoms with E-state index in [1.54, 1.807) is 18.6 Å². The van der Waals surface area contributed by atoms with Gasteiger partial charge in [0.1, 0.15) is 17.4 Å². The van der Waals surface area contributed by atoms with Crippen LogP contribution in [0.15, 0.2) is 61.1 Å². The molecular weight excluding hydrogens is 492 g/mol. The number of anilines is 1. The highest BCUT2D eigenvalue weighted by Crippen LogP contribution is 2.38. The van der Waals surface area contributed by atoms with Gasteiger partial charge in [0, 0.05) is 56.7 Å². The van der Waals surface area contributed by atoms with Crippen LogP contribution in [0.2, 0.25) is 0 Å². The number of ether oxygens (including phenoxy) is 1. The molecule has 2 aromatic heterocycles. The summed E-state index contributed by atoms with van der Waals surface area (Å²) in [6.45, 7) is 5.74. The van der Waals surface area contributed by atoms with Gasteiger partial charge in [-0.25, -0.2) is 9.97 Å². The molecule has 0 atom stereocenters. The highest BCUT2D eigenvalue weighted by molar-refractivity contribution is 5.96. The lowest BCUT2D eigenvalue weighted by Crippen LogP contribution is -2.46. The molecule has 1 saturated heterocycles. The highest BCUT2D eigenvalue weighted by atomic mass is 16.5. The summed E-state index contributed by atoms with van der Waals surface area (Å²) in [4.78, 5) is 43.3. The third-order valence-electron chi connectivity index (χ3n) is 7.81. The average molecular weight is 529 g/mol. The number of carbonyl (C=O) groups excluding carboxylic acids is 2.